The molecule has 4 rings (SSSR count). The monoisotopic (exact) mass is 463 g/mol. The molecule has 3 aromatic carbocycles. The normalized spacial score (nSPS) is 10.7. The summed E-state index contributed by atoms with van der Waals surface area (Å²) >= 11 is 1.63. The highest BCUT2D eigenvalue weighted by atomic mass is 35.5. The summed E-state index contributed by atoms with van der Waals surface area (Å²) in [5.74, 6) is 0. The van der Waals surface area contributed by atoms with Crippen molar-refractivity contribution in [3.05, 3.63) is 101 Å². The molecule has 0 atom stereocenters. The van der Waals surface area contributed by atoms with Crippen LogP contribution in [0.2, 0.25) is 0 Å². The second-order valence-corrected chi connectivity index (χ2v) is 8.53. The van der Waals surface area contributed by atoms with Crippen molar-refractivity contribution in [2.75, 3.05) is 10.6 Å². The molecule has 0 fully saturated rings. The van der Waals surface area contributed by atoms with Crippen LogP contribution in [0.15, 0.2) is 95.3 Å². The van der Waals surface area contributed by atoms with Crippen molar-refractivity contribution in [2.45, 2.75) is 20.0 Å². The van der Waals surface area contributed by atoms with E-state index in [0.29, 0.717) is 6.54 Å². The largest absolute Gasteiger partial charge is 1.00 e. The van der Waals surface area contributed by atoms with Crippen LogP contribution in [0.3, 0.4) is 0 Å². The van der Waals surface area contributed by atoms with Gasteiger partial charge in [-0.15, -0.1) is 0 Å². The Kier molecular flexibility index (Phi) is 8.36. The number of hydrogen-bond acceptors (Lipinski definition) is 5. The zero-order valence-corrected chi connectivity index (χ0v) is 19.7. The summed E-state index contributed by atoms with van der Waals surface area (Å²) in [5, 5.41) is 17.1. The second-order valence-electron chi connectivity index (χ2n) is 7.31. The molecule has 2 N–H and O–H groups in total. The lowest BCUT2D eigenvalue weighted by atomic mass is 10.1. The maximum Gasteiger partial charge on any atom is 0.408 e. The Labute approximate surface area is 199 Å². The number of aromatic nitrogens is 1. The van der Waals surface area contributed by atoms with E-state index in [1.54, 1.807) is 11.3 Å². The Bertz CT molecular complexity index is 1160. The van der Waals surface area contributed by atoms with E-state index < -0.39 is 0 Å². The smallest absolute Gasteiger partial charge is 0.408 e. The molecule has 0 saturated carbocycles. The van der Waals surface area contributed by atoms with Gasteiger partial charge in [0.05, 0.1) is 23.5 Å². The summed E-state index contributed by atoms with van der Waals surface area (Å²) in [4.78, 5) is 1.21. The van der Waals surface area contributed by atoms with Gasteiger partial charge in [-0.25, -0.2) is 4.57 Å². The maximum atomic E-state index is 4.59. The fourth-order valence-corrected chi connectivity index (χ4v) is 4.07. The first-order valence-corrected chi connectivity index (χ1v) is 11.1. The first kappa shape index (κ1) is 23.4. The van der Waals surface area contributed by atoms with Crippen molar-refractivity contribution in [1.82, 2.24) is 0 Å². The van der Waals surface area contributed by atoms with Crippen LogP contribution in [-0.2, 0) is 20.1 Å². The Hall–Kier alpha value is -3.22. The van der Waals surface area contributed by atoms with E-state index in [4.69, 9.17) is 0 Å². The zero-order valence-electron chi connectivity index (χ0n) is 18.1. The highest BCUT2D eigenvalue weighted by Crippen LogP contribution is 2.35. The molecule has 7 heteroatoms. The molecule has 164 valence electrons. The summed E-state index contributed by atoms with van der Waals surface area (Å²) in [6.45, 7) is 3.52. The van der Waals surface area contributed by atoms with Crippen LogP contribution in [0, 0.1) is 6.92 Å². The molecule has 0 amide bonds. The molecule has 0 saturated heterocycles. The molecule has 0 unspecified atom stereocenters. The van der Waals surface area contributed by atoms with Crippen molar-refractivity contribution in [3.63, 3.8) is 0 Å². The van der Waals surface area contributed by atoms with Gasteiger partial charge < -0.3 is 23.0 Å². The van der Waals surface area contributed by atoms with Crippen LogP contribution < -0.4 is 27.6 Å². The lowest BCUT2D eigenvalue weighted by molar-refractivity contribution is -0.654. The fraction of sp³-hybridized carbons (Fsp3) is 0.160. The lowest BCUT2D eigenvalue weighted by Gasteiger charge is -2.15. The predicted octanol–water partition coefficient (Wildman–Crippen LogP) is 3.52. The lowest BCUT2D eigenvalue weighted by Crippen LogP contribution is -3.00. The van der Waals surface area contributed by atoms with Crippen LogP contribution in [-0.4, -0.2) is 0 Å². The van der Waals surface area contributed by atoms with Crippen molar-refractivity contribution in [1.29, 1.82) is 0 Å². The Morgan fingerprint density at radius 3 is 2.00 bits per heavy atom. The van der Waals surface area contributed by atoms with E-state index in [2.05, 4.69) is 88.6 Å². The van der Waals surface area contributed by atoms with Gasteiger partial charge in [0.15, 0.2) is 0 Å². The van der Waals surface area contributed by atoms with Gasteiger partial charge in [0.1, 0.15) is 11.9 Å². The third-order valence-corrected chi connectivity index (χ3v) is 5.83. The molecular weight excluding hydrogens is 438 g/mol. The molecule has 0 spiro atoms. The Morgan fingerprint density at radius 1 is 0.781 bits per heavy atom. The third-order valence-electron chi connectivity index (χ3n) is 4.85. The van der Waals surface area contributed by atoms with Crippen molar-refractivity contribution in [2.24, 2.45) is 17.3 Å². The fourth-order valence-electron chi connectivity index (χ4n) is 3.29. The molecule has 0 bridgehead atoms. The molecule has 0 aliphatic carbocycles. The number of nitrogens with one attached hydrogen (secondary N) is 2. The van der Waals surface area contributed by atoms with E-state index in [0.717, 1.165) is 28.7 Å². The highest BCUT2D eigenvalue weighted by Gasteiger charge is 2.14. The van der Waals surface area contributed by atoms with Crippen LogP contribution in [0.1, 0.15) is 16.0 Å². The highest BCUT2D eigenvalue weighted by molar-refractivity contribution is 7.14. The first-order chi connectivity index (χ1) is 15.2. The number of aryl methyl sites for hydroxylation is 2. The van der Waals surface area contributed by atoms with E-state index in [-0.39, 0.29) is 12.4 Å². The molecule has 0 aliphatic heterocycles. The van der Waals surface area contributed by atoms with Gasteiger partial charge in [-0.05, 0) is 46.6 Å². The minimum Gasteiger partial charge on any atom is -1.00 e. The summed E-state index contributed by atoms with van der Waals surface area (Å²) in [6, 6.07) is 26.8. The van der Waals surface area contributed by atoms with Crippen molar-refractivity contribution in [3.8, 4) is 0 Å². The number of benzene rings is 3. The molecule has 0 radical (unpaired) electrons. The SMILES string of the molecule is Cc1c[n+](C)c(N=Nc2cccc(NCc3ccccc3)c2NCc2ccccc2)s1.[Cl-]. The zero-order chi connectivity index (χ0) is 21.5. The first-order valence-electron chi connectivity index (χ1n) is 10.3. The van der Waals surface area contributed by atoms with Crippen molar-refractivity contribution >= 4 is 33.5 Å². The maximum absolute atomic E-state index is 4.59. The number of azo groups is 1. The summed E-state index contributed by atoms with van der Waals surface area (Å²) in [6.07, 6.45) is 2.06. The van der Waals surface area contributed by atoms with Gasteiger partial charge in [-0.1, -0.05) is 66.7 Å². The topological polar surface area (TPSA) is 52.7 Å². The Morgan fingerprint density at radius 2 is 1.41 bits per heavy atom. The average molecular weight is 464 g/mol. The molecule has 0 aliphatic rings. The van der Waals surface area contributed by atoms with Gasteiger partial charge in [0.2, 0.25) is 0 Å². The standard InChI is InChI=1S/C25H25N5S.ClH/c1-19-18-30(2)25(31-19)29-28-23-15-9-14-22(26-16-20-10-5-3-6-11-20)24(23)27-17-21-12-7-4-8-13-21;/h3-15,18H,16-17H2,1-2H3,(H,26,28);1H. The molecule has 1 aromatic heterocycles. The van der Waals surface area contributed by atoms with E-state index in [1.165, 1.54) is 16.0 Å². The molecular formula is C25H26ClN5S. The molecule has 5 nitrogen and oxygen atoms in total. The van der Waals surface area contributed by atoms with E-state index in [1.807, 2.05) is 35.9 Å². The number of rotatable bonds is 8. The number of para-hydroxylation sites is 1. The van der Waals surface area contributed by atoms with Gasteiger partial charge in [-0.2, -0.15) is 0 Å². The summed E-state index contributed by atoms with van der Waals surface area (Å²) in [7, 11) is 1.99. The number of thiazole rings is 1. The molecule has 1 heterocycles. The number of anilines is 2. The van der Waals surface area contributed by atoms with Crippen molar-refractivity contribution < 1.29 is 17.0 Å². The van der Waals surface area contributed by atoms with Gasteiger partial charge >= 0.3 is 5.13 Å². The minimum absolute atomic E-state index is 0. The number of halogens is 1. The summed E-state index contributed by atoms with van der Waals surface area (Å²) in [5.41, 5.74) is 5.19. The average Bonchev–Trinajstić information content (AvgIpc) is 3.13. The van der Waals surface area contributed by atoms with E-state index in [9.17, 15) is 0 Å². The second kappa shape index (κ2) is 11.4. The third kappa shape index (κ3) is 6.15. The predicted molar refractivity (Wildman–Crippen MR) is 128 cm³/mol. The summed E-state index contributed by atoms with van der Waals surface area (Å²) < 4.78 is 2.00. The van der Waals surface area contributed by atoms with Gasteiger partial charge in [-0.3, -0.25) is 0 Å². The number of nitrogens with zero attached hydrogens (tertiary/aromatic N) is 3. The minimum atomic E-state index is 0. The van der Waals surface area contributed by atoms with Gasteiger partial charge in [0, 0.05) is 18.0 Å². The van der Waals surface area contributed by atoms with Gasteiger partial charge in [0.25, 0.3) is 0 Å². The molecule has 4 aromatic rings. The number of hydrogen-bond donors (Lipinski definition) is 2. The molecule has 32 heavy (non-hydrogen) atoms. The Balaban J connectivity index is 0.00000289. The van der Waals surface area contributed by atoms with Crippen LogP contribution in [0.25, 0.3) is 0 Å². The van der Waals surface area contributed by atoms with Crippen LogP contribution in [0.5, 0.6) is 0 Å². The quantitative estimate of drug-likeness (QED) is 0.310. The van der Waals surface area contributed by atoms with Crippen LogP contribution >= 0.6 is 11.3 Å². The van der Waals surface area contributed by atoms with Crippen LogP contribution in [0.4, 0.5) is 22.2 Å². The van der Waals surface area contributed by atoms with E-state index >= 15 is 0 Å².